The lowest BCUT2D eigenvalue weighted by Gasteiger charge is -2.43. The highest BCUT2D eigenvalue weighted by Crippen LogP contribution is 2.36. The predicted octanol–water partition coefficient (Wildman–Crippen LogP) is 3.12. The van der Waals surface area contributed by atoms with Crippen molar-refractivity contribution in [1.82, 2.24) is 19.1 Å². The molecule has 25 heavy (non-hydrogen) atoms. The molecule has 0 unspecified atom stereocenters. The van der Waals surface area contributed by atoms with Gasteiger partial charge in [-0.2, -0.15) is 5.10 Å². The van der Waals surface area contributed by atoms with Gasteiger partial charge in [-0.15, -0.1) is 0 Å². The molecule has 1 fully saturated rings. The maximum atomic E-state index is 13.1. The number of fused-ring (bicyclic) bond motifs is 5. The zero-order valence-corrected chi connectivity index (χ0v) is 14.5. The van der Waals surface area contributed by atoms with Crippen LogP contribution in [0.2, 0.25) is 0 Å². The third kappa shape index (κ3) is 2.32. The summed E-state index contributed by atoms with van der Waals surface area (Å²) in [5.41, 5.74) is 2.82. The van der Waals surface area contributed by atoms with E-state index in [9.17, 15) is 4.79 Å². The van der Waals surface area contributed by atoms with Crippen LogP contribution in [0.4, 0.5) is 0 Å². The molecule has 0 aromatic carbocycles. The smallest absolute Gasteiger partial charge is 0.257 e. The number of carbonyl (C=O) groups excluding carboxylic acids is 1. The fourth-order valence-electron chi connectivity index (χ4n) is 4.33. The summed E-state index contributed by atoms with van der Waals surface area (Å²) in [4.78, 5) is 15.1. The first-order valence-corrected chi connectivity index (χ1v) is 9.03. The number of aromatic nitrogens is 3. The van der Waals surface area contributed by atoms with Crippen LogP contribution in [0, 0.1) is 10.6 Å². The Morgan fingerprint density at radius 1 is 1.12 bits per heavy atom. The first kappa shape index (κ1) is 14.8. The number of amides is 1. The molecule has 0 spiro atoms. The SMILES string of the molecule is O=C(c1cnn2ccccc12)N1C[C@H]2C[C@@H](C1)c1cccc(=S)n1C2. The Balaban J connectivity index is 1.49. The normalized spacial score (nSPS) is 22.0. The Bertz CT molecular complexity index is 1040. The summed E-state index contributed by atoms with van der Waals surface area (Å²) >= 11 is 5.49. The van der Waals surface area contributed by atoms with Crippen molar-refractivity contribution in [1.29, 1.82) is 0 Å². The van der Waals surface area contributed by atoms with E-state index < -0.39 is 0 Å². The largest absolute Gasteiger partial charge is 0.338 e. The molecule has 0 N–H and O–H groups in total. The molecular formula is C19H18N4OS. The van der Waals surface area contributed by atoms with E-state index in [1.807, 2.05) is 41.4 Å². The molecule has 3 aromatic heterocycles. The number of nitrogens with zero attached hydrogens (tertiary/aromatic N) is 4. The molecule has 0 radical (unpaired) electrons. The van der Waals surface area contributed by atoms with E-state index in [2.05, 4.69) is 15.7 Å². The lowest BCUT2D eigenvalue weighted by molar-refractivity contribution is 0.0597. The van der Waals surface area contributed by atoms with Crippen molar-refractivity contribution in [3.8, 4) is 0 Å². The molecule has 2 aliphatic heterocycles. The number of rotatable bonds is 1. The standard InChI is InChI=1S/C19H18N4OS/c24-19(15-9-20-23-7-2-1-4-17(15)23)21-10-13-8-14(12-21)16-5-3-6-18(25)22(16)11-13/h1-7,9,13-14H,8,10-12H2/t13-,14+/m1/s1. The zero-order valence-electron chi connectivity index (χ0n) is 13.7. The summed E-state index contributed by atoms with van der Waals surface area (Å²) in [6.45, 7) is 2.44. The highest BCUT2D eigenvalue weighted by molar-refractivity contribution is 7.71. The fourth-order valence-corrected chi connectivity index (χ4v) is 4.59. The van der Waals surface area contributed by atoms with Gasteiger partial charge in [-0.25, -0.2) is 4.52 Å². The van der Waals surface area contributed by atoms with Gasteiger partial charge in [0.25, 0.3) is 5.91 Å². The molecule has 2 bridgehead atoms. The van der Waals surface area contributed by atoms with Crippen LogP contribution < -0.4 is 0 Å². The van der Waals surface area contributed by atoms with Gasteiger partial charge in [-0.1, -0.05) is 24.4 Å². The van der Waals surface area contributed by atoms with Crippen molar-refractivity contribution in [2.24, 2.45) is 5.92 Å². The van der Waals surface area contributed by atoms with Gasteiger partial charge >= 0.3 is 0 Å². The van der Waals surface area contributed by atoms with E-state index in [1.165, 1.54) is 5.69 Å². The van der Waals surface area contributed by atoms with Crippen LogP contribution in [0.3, 0.4) is 0 Å². The Labute approximate surface area is 150 Å². The zero-order chi connectivity index (χ0) is 17.0. The maximum Gasteiger partial charge on any atom is 0.257 e. The summed E-state index contributed by atoms with van der Waals surface area (Å²) in [5, 5.41) is 4.31. The average Bonchev–Trinajstić information content (AvgIpc) is 3.06. The first-order chi connectivity index (χ1) is 12.2. The van der Waals surface area contributed by atoms with Gasteiger partial charge in [-0.3, -0.25) is 4.79 Å². The van der Waals surface area contributed by atoms with Crippen molar-refractivity contribution in [2.75, 3.05) is 13.1 Å². The number of pyridine rings is 2. The minimum Gasteiger partial charge on any atom is -0.338 e. The van der Waals surface area contributed by atoms with Gasteiger partial charge < -0.3 is 9.47 Å². The van der Waals surface area contributed by atoms with Crippen molar-refractivity contribution in [2.45, 2.75) is 18.9 Å². The summed E-state index contributed by atoms with van der Waals surface area (Å²) in [7, 11) is 0. The van der Waals surface area contributed by atoms with E-state index in [0.29, 0.717) is 17.4 Å². The second-order valence-corrected chi connectivity index (χ2v) is 7.42. The van der Waals surface area contributed by atoms with E-state index in [4.69, 9.17) is 12.2 Å². The molecule has 5 heterocycles. The second-order valence-electron chi connectivity index (χ2n) is 7.00. The van der Waals surface area contributed by atoms with E-state index in [1.54, 1.807) is 10.7 Å². The maximum absolute atomic E-state index is 13.1. The van der Waals surface area contributed by atoms with Gasteiger partial charge in [0.2, 0.25) is 0 Å². The average molecular weight is 350 g/mol. The second kappa shape index (κ2) is 5.52. The van der Waals surface area contributed by atoms with Crippen molar-refractivity contribution in [3.63, 3.8) is 0 Å². The number of hydrogen-bond acceptors (Lipinski definition) is 3. The van der Waals surface area contributed by atoms with Crippen LogP contribution in [-0.2, 0) is 6.54 Å². The minimum atomic E-state index is 0.0823. The van der Waals surface area contributed by atoms with E-state index in [-0.39, 0.29) is 5.91 Å². The lowest BCUT2D eigenvalue weighted by atomic mass is 9.83. The molecule has 5 nitrogen and oxygen atoms in total. The first-order valence-electron chi connectivity index (χ1n) is 8.62. The van der Waals surface area contributed by atoms with Crippen LogP contribution in [0.5, 0.6) is 0 Å². The third-order valence-electron chi connectivity index (χ3n) is 5.42. The third-order valence-corrected chi connectivity index (χ3v) is 5.78. The van der Waals surface area contributed by atoms with Gasteiger partial charge in [0.1, 0.15) is 4.64 Å². The van der Waals surface area contributed by atoms with Crippen molar-refractivity contribution in [3.05, 3.63) is 64.7 Å². The highest BCUT2D eigenvalue weighted by Gasteiger charge is 2.36. The number of likely N-dealkylation sites (tertiary alicyclic amines) is 1. The lowest BCUT2D eigenvalue weighted by Crippen LogP contribution is -2.47. The predicted molar refractivity (Wildman–Crippen MR) is 97.2 cm³/mol. The molecule has 3 aromatic rings. The quantitative estimate of drug-likeness (QED) is 0.633. The van der Waals surface area contributed by atoms with E-state index >= 15 is 0 Å². The Morgan fingerprint density at radius 2 is 2.04 bits per heavy atom. The van der Waals surface area contributed by atoms with Gasteiger partial charge in [-0.05, 0) is 36.6 Å². The minimum absolute atomic E-state index is 0.0823. The van der Waals surface area contributed by atoms with Gasteiger partial charge in [0.05, 0.1) is 17.3 Å². The molecule has 126 valence electrons. The monoisotopic (exact) mass is 350 g/mol. The van der Waals surface area contributed by atoms with Crippen LogP contribution >= 0.6 is 12.2 Å². The molecular weight excluding hydrogens is 332 g/mol. The van der Waals surface area contributed by atoms with Crippen LogP contribution in [0.25, 0.3) is 5.52 Å². The summed E-state index contributed by atoms with van der Waals surface area (Å²) in [6.07, 6.45) is 4.69. The number of carbonyl (C=O) groups is 1. The van der Waals surface area contributed by atoms with Crippen LogP contribution in [-0.4, -0.2) is 38.1 Å². The van der Waals surface area contributed by atoms with E-state index in [0.717, 1.165) is 36.2 Å². The molecule has 0 aliphatic carbocycles. The molecule has 1 amide bonds. The molecule has 1 saturated heterocycles. The topological polar surface area (TPSA) is 42.5 Å². The number of hydrogen-bond donors (Lipinski definition) is 0. The Hall–Kier alpha value is -2.47. The Morgan fingerprint density at radius 3 is 2.96 bits per heavy atom. The fraction of sp³-hybridized carbons (Fsp3) is 0.316. The summed E-state index contributed by atoms with van der Waals surface area (Å²) in [6, 6.07) is 12.0. The van der Waals surface area contributed by atoms with Crippen LogP contribution in [0.15, 0.2) is 48.8 Å². The summed E-state index contributed by atoms with van der Waals surface area (Å²) in [5.74, 6) is 0.909. The van der Waals surface area contributed by atoms with Gasteiger partial charge in [0, 0.05) is 37.4 Å². The van der Waals surface area contributed by atoms with Gasteiger partial charge in [0.15, 0.2) is 0 Å². The molecule has 6 heteroatoms. The summed E-state index contributed by atoms with van der Waals surface area (Å²) < 4.78 is 4.91. The Kier molecular flexibility index (Phi) is 3.28. The highest BCUT2D eigenvalue weighted by atomic mass is 32.1. The van der Waals surface area contributed by atoms with Crippen LogP contribution in [0.1, 0.15) is 28.4 Å². The van der Waals surface area contributed by atoms with Crippen molar-refractivity contribution < 1.29 is 4.79 Å². The number of piperidine rings is 1. The molecule has 5 rings (SSSR count). The van der Waals surface area contributed by atoms with Crippen molar-refractivity contribution >= 4 is 23.6 Å². The molecule has 2 aliphatic rings. The molecule has 0 saturated carbocycles. The molecule has 2 atom stereocenters.